The third-order valence-corrected chi connectivity index (χ3v) is 3.88. The first-order chi connectivity index (χ1) is 9.52. The maximum absolute atomic E-state index is 11.5. The molecule has 1 atom stereocenters. The summed E-state index contributed by atoms with van der Waals surface area (Å²) in [5.74, 6) is -0.855. The molecule has 1 unspecified atom stereocenters. The van der Waals surface area contributed by atoms with Crippen LogP contribution >= 0.6 is 23.2 Å². The maximum atomic E-state index is 11.5. The number of sulfonamides is 1. The molecule has 1 aromatic carbocycles. The Morgan fingerprint density at radius 2 is 1.86 bits per heavy atom. The van der Waals surface area contributed by atoms with Gasteiger partial charge in [0.05, 0.1) is 10.0 Å². The van der Waals surface area contributed by atoms with E-state index in [-0.39, 0.29) is 20.7 Å². The van der Waals surface area contributed by atoms with Crippen LogP contribution in [0.4, 0.5) is 4.79 Å². The molecule has 1 rings (SSSR count). The van der Waals surface area contributed by atoms with Gasteiger partial charge in [0.1, 0.15) is 10.6 Å². The minimum Gasteiger partial charge on any atom is -0.479 e. The van der Waals surface area contributed by atoms with Gasteiger partial charge < -0.3 is 10.5 Å². The molecular formula is C10H11Cl2N3O5S. The molecule has 0 saturated heterocycles. The number of hydrogen-bond acceptors (Lipinski definition) is 5. The van der Waals surface area contributed by atoms with Crippen LogP contribution < -0.4 is 20.9 Å². The lowest BCUT2D eigenvalue weighted by molar-refractivity contribution is -0.126. The van der Waals surface area contributed by atoms with Crippen molar-refractivity contribution in [3.05, 3.63) is 22.2 Å². The van der Waals surface area contributed by atoms with Crippen molar-refractivity contribution in [2.75, 3.05) is 0 Å². The van der Waals surface area contributed by atoms with Crippen LogP contribution in [0.2, 0.25) is 10.0 Å². The van der Waals surface area contributed by atoms with Gasteiger partial charge in [0.15, 0.2) is 6.10 Å². The molecule has 0 spiro atoms. The quantitative estimate of drug-likeness (QED) is 0.724. The molecule has 1 aromatic rings. The highest BCUT2D eigenvalue weighted by molar-refractivity contribution is 7.89. The highest BCUT2D eigenvalue weighted by atomic mass is 35.5. The Morgan fingerprint density at radius 3 is 2.33 bits per heavy atom. The zero-order valence-corrected chi connectivity index (χ0v) is 12.9. The molecule has 0 aliphatic carbocycles. The van der Waals surface area contributed by atoms with Crippen molar-refractivity contribution < 1.29 is 22.7 Å². The lowest BCUT2D eigenvalue weighted by Crippen LogP contribution is -2.42. The normalized spacial score (nSPS) is 12.6. The van der Waals surface area contributed by atoms with E-state index < -0.39 is 28.1 Å². The molecule has 11 heteroatoms. The second kappa shape index (κ2) is 6.48. The molecule has 0 radical (unpaired) electrons. The van der Waals surface area contributed by atoms with E-state index in [9.17, 15) is 18.0 Å². The number of carbonyl (C=O) groups excluding carboxylic acids is 2. The van der Waals surface area contributed by atoms with Crippen LogP contribution in [-0.2, 0) is 14.8 Å². The van der Waals surface area contributed by atoms with Crippen LogP contribution in [0.5, 0.6) is 5.75 Å². The minimum atomic E-state index is -4.05. The van der Waals surface area contributed by atoms with Crippen molar-refractivity contribution in [2.24, 2.45) is 10.9 Å². The van der Waals surface area contributed by atoms with Crippen LogP contribution in [0.25, 0.3) is 0 Å². The number of nitrogens with one attached hydrogen (secondary N) is 1. The summed E-state index contributed by atoms with van der Waals surface area (Å²) in [6.45, 7) is 1.33. The van der Waals surface area contributed by atoms with E-state index in [1.54, 1.807) is 0 Å². The van der Waals surface area contributed by atoms with E-state index in [2.05, 4.69) is 0 Å². The zero-order valence-electron chi connectivity index (χ0n) is 10.6. The van der Waals surface area contributed by atoms with E-state index in [1.807, 2.05) is 5.32 Å². The lowest BCUT2D eigenvalue weighted by atomic mass is 10.3. The van der Waals surface area contributed by atoms with Crippen LogP contribution in [0.1, 0.15) is 6.92 Å². The van der Waals surface area contributed by atoms with E-state index >= 15 is 0 Å². The fourth-order valence-corrected chi connectivity index (χ4v) is 2.65. The van der Waals surface area contributed by atoms with Crippen LogP contribution in [0.15, 0.2) is 17.0 Å². The molecule has 0 fully saturated rings. The van der Waals surface area contributed by atoms with Crippen molar-refractivity contribution >= 4 is 45.2 Å². The van der Waals surface area contributed by atoms with Gasteiger partial charge in [-0.3, -0.25) is 10.1 Å². The van der Waals surface area contributed by atoms with Crippen LogP contribution in [-0.4, -0.2) is 26.5 Å². The van der Waals surface area contributed by atoms with Gasteiger partial charge in [-0.2, -0.15) is 0 Å². The van der Waals surface area contributed by atoms with Crippen molar-refractivity contribution in [1.29, 1.82) is 0 Å². The van der Waals surface area contributed by atoms with Gasteiger partial charge in [0.2, 0.25) is 10.0 Å². The van der Waals surface area contributed by atoms with Gasteiger partial charge in [-0.05, 0) is 13.0 Å². The molecule has 0 aliphatic heterocycles. The second-order valence-electron chi connectivity index (χ2n) is 3.87. The number of primary amides is 1. The number of imide groups is 1. The molecule has 21 heavy (non-hydrogen) atoms. The molecular weight excluding hydrogens is 345 g/mol. The summed E-state index contributed by atoms with van der Waals surface area (Å²) in [5, 5.41) is 6.42. The van der Waals surface area contributed by atoms with E-state index in [4.69, 9.17) is 38.8 Å². The first-order valence-electron chi connectivity index (χ1n) is 5.31. The summed E-state index contributed by atoms with van der Waals surface area (Å²) in [6.07, 6.45) is -1.12. The van der Waals surface area contributed by atoms with Gasteiger partial charge in [-0.15, -0.1) is 0 Å². The first kappa shape index (κ1) is 17.5. The molecule has 3 amide bonds. The van der Waals surface area contributed by atoms with Crippen molar-refractivity contribution in [1.82, 2.24) is 5.32 Å². The summed E-state index contributed by atoms with van der Waals surface area (Å²) >= 11 is 11.6. The predicted octanol–water partition coefficient (Wildman–Crippen LogP) is 0.603. The highest BCUT2D eigenvalue weighted by Crippen LogP contribution is 2.33. The molecule has 116 valence electrons. The van der Waals surface area contributed by atoms with Crippen molar-refractivity contribution in [2.45, 2.75) is 17.9 Å². The SMILES string of the molecule is CC(Oc1cc(Cl)c(S(N)(=O)=O)cc1Cl)C(=O)NC(N)=O. The number of carbonyl (C=O) groups is 2. The Labute approximate surface area is 130 Å². The number of nitrogens with two attached hydrogens (primary N) is 2. The number of rotatable bonds is 4. The molecule has 0 saturated carbocycles. The third-order valence-electron chi connectivity index (χ3n) is 2.21. The number of ether oxygens (including phenoxy) is 1. The van der Waals surface area contributed by atoms with Gasteiger partial charge in [-0.1, -0.05) is 23.2 Å². The smallest absolute Gasteiger partial charge is 0.318 e. The number of primary sulfonamides is 1. The fraction of sp³-hybridized carbons (Fsp3) is 0.200. The summed E-state index contributed by atoms with van der Waals surface area (Å²) in [7, 11) is -4.05. The number of amides is 3. The lowest BCUT2D eigenvalue weighted by Gasteiger charge is -2.15. The summed E-state index contributed by atoms with van der Waals surface area (Å²) < 4.78 is 27.7. The highest BCUT2D eigenvalue weighted by Gasteiger charge is 2.21. The molecule has 0 aromatic heterocycles. The van der Waals surface area contributed by atoms with Gasteiger partial charge in [0.25, 0.3) is 5.91 Å². The zero-order chi connectivity index (χ0) is 16.4. The molecule has 0 heterocycles. The topological polar surface area (TPSA) is 142 Å². The average molecular weight is 356 g/mol. The van der Waals surface area contributed by atoms with Crippen molar-refractivity contribution in [3.63, 3.8) is 0 Å². The van der Waals surface area contributed by atoms with E-state index in [0.29, 0.717) is 0 Å². The summed E-state index contributed by atoms with van der Waals surface area (Å²) in [5.41, 5.74) is 4.79. The summed E-state index contributed by atoms with van der Waals surface area (Å²) in [6, 6.07) is 1.05. The van der Waals surface area contributed by atoms with Crippen LogP contribution in [0.3, 0.4) is 0 Å². The van der Waals surface area contributed by atoms with Gasteiger partial charge in [0, 0.05) is 6.07 Å². The number of benzene rings is 1. The fourth-order valence-electron chi connectivity index (χ4n) is 1.29. The molecule has 5 N–H and O–H groups in total. The predicted molar refractivity (Wildman–Crippen MR) is 75.7 cm³/mol. The average Bonchev–Trinajstić information content (AvgIpc) is 2.30. The number of halogens is 2. The van der Waals surface area contributed by atoms with E-state index in [1.165, 1.54) is 6.92 Å². The molecule has 8 nitrogen and oxygen atoms in total. The van der Waals surface area contributed by atoms with E-state index in [0.717, 1.165) is 12.1 Å². The van der Waals surface area contributed by atoms with Crippen molar-refractivity contribution in [3.8, 4) is 5.75 Å². The monoisotopic (exact) mass is 355 g/mol. The third kappa shape index (κ3) is 4.74. The van der Waals surface area contributed by atoms with Gasteiger partial charge in [-0.25, -0.2) is 18.4 Å². The second-order valence-corrected chi connectivity index (χ2v) is 6.22. The minimum absolute atomic E-state index is 0.0545. The first-order valence-corrected chi connectivity index (χ1v) is 7.61. The Morgan fingerprint density at radius 1 is 1.29 bits per heavy atom. The standard InChI is InChI=1S/C10H11Cl2N3O5S/c1-4(9(16)15-10(13)17)20-7-2-6(12)8(3-5(7)11)21(14,18)19/h2-4H,1H3,(H2,14,18,19)(H3,13,15,16,17). The Bertz CT molecular complexity index is 692. The summed E-state index contributed by atoms with van der Waals surface area (Å²) in [4.78, 5) is 21.6. The number of hydrogen-bond donors (Lipinski definition) is 3. The number of urea groups is 1. The Hall–Kier alpha value is -1.55. The largest absolute Gasteiger partial charge is 0.479 e. The Balaban J connectivity index is 3.03. The molecule has 0 aliphatic rings. The van der Waals surface area contributed by atoms with Crippen LogP contribution in [0, 0.1) is 0 Å². The Kier molecular flexibility index (Phi) is 5.40. The maximum Gasteiger partial charge on any atom is 0.318 e. The molecule has 0 bridgehead atoms. The van der Waals surface area contributed by atoms with Gasteiger partial charge >= 0.3 is 6.03 Å².